The van der Waals surface area contributed by atoms with Gasteiger partial charge in [-0.2, -0.15) is 18.4 Å². The Balaban J connectivity index is 1.80. The van der Waals surface area contributed by atoms with Gasteiger partial charge in [-0.15, -0.1) is 0 Å². The van der Waals surface area contributed by atoms with Crippen molar-refractivity contribution >= 4 is 11.7 Å². The van der Waals surface area contributed by atoms with Gasteiger partial charge in [0.1, 0.15) is 5.54 Å². The van der Waals surface area contributed by atoms with Crippen molar-refractivity contribution in [1.29, 1.82) is 5.26 Å². The Hall–Kier alpha value is -3.18. The van der Waals surface area contributed by atoms with Crippen LogP contribution < -0.4 is 10.6 Å². The van der Waals surface area contributed by atoms with Gasteiger partial charge in [-0.05, 0) is 48.8 Å². The van der Waals surface area contributed by atoms with Crippen molar-refractivity contribution in [1.82, 2.24) is 10.6 Å². The number of nitriles is 1. The van der Waals surface area contributed by atoms with Crippen LogP contribution in [0.2, 0.25) is 0 Å². The molecule has 2 atom stereocenters. The summed E-state index contributed by atoms with van der Waals surface area (Å²) < 4.78 is 41.8. The van der Waals surface area contributed by atoms with Gasteiger partial charge in [-0.25, -0.2) is 0 Å². The number of benzene rings is 2. The number of hydrogen-bond donors (Lipinski definition) is 2. The standard InChI is InChI=1S/C26H28F3N3O2/c1-16(2)14-22(32-25(15-30)12-13-25)24(34)31-23(26(27,28)29)21-10-8-20(9-11-21)19-6-4-18(5-7-19)17(3)33/h4-11,16,22-23,32H,12-14H2,1-3H3,(H,31,34)/t22-,23-/m0/s1. The van der Waals surface area contributed by atoms with Gasteiger partial charge in [0, 0.05) is 5.56 Å². The number of hydrogen-bond acceptors (Lipinski definition) is 4. The van der Waals surface area contributed by atoms with Gasteiger partial charge in [0.15, 0.2) is 11.8 Å². The third-order valence-corrected chi connectivity index (χ3v) is 5.92. The Kier molecular flexibility index (Phi) is 7.47. The summed E-state index contributed by atoms with van der Waals surface area (Å²) in [5.41, 5.74) is 1.08. The molecule has 1 fully saturated rings. The maximum Gasteiger partial charge on any atom is 0.412 e. The zero-order chi connectivity index (χ0) is 25.1. The highest BCUT2D eigenvalue weighted by molar-refractivity contribution is 5.94. The molecule has 2 aromatic carbocycles. The smallest absolute Gasteiger partial charge is 0.339 e. The van der Waals surface area contributed by atoms with Gasteiger partial charge >= 0.3 is 6.18 Å². The van der Waals surface area contributed by atoms with E-state index in [9.17, 15) is 28.0 Å². The molecule has 0 bridgehead atoms. The van der Waals surface area contributed by atoms with Gasteiger partial charge in [0.2, 0.25) is 5.91 Å². The normalized spacial score (nSPS) is 16.4. The number of amides is 1. The molecule has 0 saturated heterocycles. The summed E-state index contributed by atoms with van der Waals surface area (Å²) in [5.74, 6) is -0.796. The Morgan fingerprint density at radius 1 is 1.03 bits per heavy atom. The Morgan fingerprint density at radius 3 is 1.97 bits per heavy atom. The van der Waals surface area contributed by atoms with Crippen LogP contribution in [0.5, 0.6) is 0 Å². The fraction of sp³-hybridized carbons (Fsp3) is 0.423. The molecule has 0 heterocycles. The van der Waals surface area contributed by atoms with Crippen molar-refractivity contribution in [3.05, 3.63) is 59.7 Å². The van der Waals surface area contributed by atoms with Crippen molar-refractivity contribution in [2.45, 2.75) is 63.8 Å². The first-order valence-electron chi connectivity index (χ1n) is 11.2. The van der Waals surface area contributed by atoms with Crippen molar-refractivity contribution < 1.29 is 22.8 Å². The summed E-state index contributed by atoms with van der Waals surface area (Å²) >= 11 is 0. The lowest BCUT2D eigenvalue weighted by Gasteiger charge is -2.27. The van der Waals surface area contributed by atoms with E-state index in [0.29, 0.717) is 30.4 Å². The molecule has 0 aromatic heterocycles. The summed E-state index contributed by atoms with van der Waals surface area (Å²) in [7, 11) is 0. The number of carbonyl (C=O) groups is 2. The van der Waals surface area contributed by atoms with Crippen LogP contribution in [0.1, 0.15) is 62.0 Å². The minimum Gasteiger partial charge on any atom is -0.339 e. The van der Waals surface area contributed by atoms with E-state index in [-0.39, 0.29) is 17.3 Å². The second kappa shape index (κ2) is 9.98. The molecule has 2 N–H and O–H groups in total. The third kappa shape index (κ3) is 6.23. The average Bonchev–Trinajstić information content (AvgIpc) is 3.56. The average molecular weight is 472 g/mol. The Bertz CT molecular complexity index is 1070. The molecule has 1 saturated carbocycles. The van der Waals surface area contributed by atoms with Gasteiger partial charge in [0.25, 0.3) is 0 Å². The van der Waals surface area contributed by atoms with Crippen molar-refractivity contribution in [3.63, 3.8) is 0 Å². The van der Waals surface area contributed by atoms with E-state index >= 15 is 0 Å². The molecule has 2 aromatic rings. The molecule has 1 aliphatic carbocycles. The number of rotatable bonds is 9. The highest BCUT2D eigenvalue weighted by atomic mass is 19.4. The fourth-order valence-electron chi connectivity index (χ4n) is 3.81. The van der Waals surface area contributed by atoms with Crippen molar-refractivity contribution in [3.8, 4) is 17.2 Å². The lowest BCUT2D eigenvalue weighted by atomic mass is 9.98. The number of nitrogens with one attached hydrogen (secondary N) is 2. The minimum atomic E-state index is -4.70. The number of halogens is 3. The molecule has 1 amide bonds. The molecule has 0 unspecified atom stereocenters. The van der Waals surface area contributed by atoms with E-state index in [0.717, 1.165) is 5.56 Å². The highest BCUT2D eigenvalue weighted by Gasteiger charge is 2.47. The monoisotopic (exact) mass is 471 g/mol. The van der Waals surface area contributed by atoms with Crippen LogP contribution in [0, 0.1) is 17.2 Å². The molecule has 34 heavy (non-hydrogen) atoms. The van der Waals surface area contributed by atoms with E-state index < -0.39 is 29.7 Å². The maximum absolute atomic E-state index is 13.9. The largest absolute Gasteiger partial charge is 0.412 e. The Morgan fingerprint density at radius 2 is 1.56 bits per heavy atom. The zero-order valence-corrected chi connectivity index (χ0v) is 19.4. The van der Waals surface area contributed by atoms with Crippen LogP contribution in [0.3, 0.4) is 0 Å². The van der Waals surface area contributed by atoms with Gasteiger partial charge < -0.3 is 5.32 Å². The summed E-state index contributed by atoms with van der Waals surface area (Å²) in [6.45, 7) is 5.20. The minimum absolute atomic E-state index is 0.0516. The molecule has 3 rings (SSSR count). The van der Waals surface area contributed by atoms with E-state index in [2.05, 4.69) is 16.7 Å². The second-order valence-electron chi connectivity index (χ2n) is 9.26. The molecular weight excluding hydrogens is 443 g/mol. The molecule has 0 spiro atoms. The van der Waals surface area contributed by atoms with Crippen LogP contribution in [0.15, 0.2) is 48.5 Å². The van der Waals surface area contributed by atoms with Crippen molar-refractivity contribution in [2.24, 2.45) is 5.92 Å². The van der Waals surface area contributed by atoms with Crippen molar-refractivity contribution in [2.75, 3.05) is 0 Å². The summed E-state index contributed by atoms with van der Waals surface area (Å²) in [5, 5.41) is 14.5. The fourth-order valence-corrected chi connectivity index (χ4v) is 3.81. The second-order valence-corrected chi connectivity index (χ2v) is 9.26. The molecule has 0 aliphatic heterocycles. The summed E-state index contributed by atoms with van der Waals surface area (Å²) in [6, 6.07) is 11.7. The number of Topliss-reactive ketones (excluding diaryl/α,β-unsaturated/α-hetero) is 1. The van der Waals surface area contributed by atoms with Crippen LogP contribution in [0.25, 0.3) is 11.1 Å². The Labute approximate surface area is 197 Å². The molecule has 180 valence electrons. The summed E-state index contributed by atoms with van der Waals surface area (Å²) in [6.07, 6.45) is -3.24. The SMILES string of the molecule is CC(=O)c1ccc(-c2ccc([C@H](NC(=O)[C@H](CC(C)C)NC3(C#N)CC3)C(F)(F)F)cc2)cc1. The van der Waals surface area contributed by atoms with E-state index in [1.165, 1.54) is 19.1 Å². The molecule has 5 nitrogen and oxygen atoms in total. The molecule has 1 aliphatic rings. The summed E-state index contributed by atoms with van der Waals surface area (Å²) in [4.78, 5) is 24.3. The van der Waals surface area contributed by atoms with E-state index in [1.54, 1.807) is 36.4 Å². The first kappa shape index (κ1) is 25.4. The third-order valence-electron chi connectivity index (χ3n) is 5.92. The predicted octanol–water partition coefficient (Wildman–Crippen LogP) is 5.34. The number of alkyl halides is 3. The number of carbonyl (C=O) groups excluding carboxylic acids is 2. The van der Waals surface area contributed by atoms with Crippen LogP contribution in [0.4, 0.5) is 13.2 Å². The zero-order valence-electron chi connectivity index (χ0n) is 19.4. The lowest BCUT2D eigenvalue weighted by Crippen LogP contribution is -2.52. The lowest BCUT2D eigenvalue weighted by molar-refractivity contribution is -0.164. The van der Waals surface area contributed by atoms with Crippen LogP contribution >= 0.6 is 0 Å². The molecule has 8 heteroatoms. The van der Waals surface area contributed by atoms with Gasteiger partial charge in [0.05, 0.1) is 12.1 Å². The van der Waals surface area contributed by atoms with Gasteiger partial charge in [-0.3, -0.25) is 14.9 Å². The number of nitrogens with zero attached hydrogens (tertiary/aromatic N) is 1. The first-order chi connectivity index (χ1) is 15.9. The number of ketones is 1. The molecular formula is C26H28F3N3O2. The van der Waals surface area contributed by atoms with E-state index in [1.807, 2.05) is 13.8 Å². The first-order valence-corrected chi connectivity index (χ1v) is 11.2. The topological polar surface area (TPSA) is 82.0 Å². The quantitative estimate of drug-likeness (QED) is 0.484. The molecule has 0 radical (unpaired) electrons. The van der Waals surface area contributed by atoms with Gasteiger partial charge in [-0.1, -0.05) is 62.4 Å². The van der Waals surface area contributed by atoms with Crippen LogP contribution in [-0.2, 0) is 4.79 Å². The van der Waals surface area contributed by atoms with E-state index in [4.69, 9.17) is 0 Å². The maximum atomic E-state index is 13.9. The predicted molar refractivity (Wildman–Crippen MR) is 123 cm³/mol. The highest BCUT2D eigenvalue weighted by Crippen LogP contribution is 2.37. The van der Waals surface area contributed by atoms with Crippen LogP contribution in [-0.4, -0.2) is 29.4 Å².